The Morgan fingerprint density at radius 3 is 2.44 bits per heavy atom. The molecule has 0 amide bonds. The Hall–Kier alpha value is -4.36. The molecule has 1 fully saturated rings. The topological polar surface area (TPSA) is 81.1 Å². The van der Waals surface area contributed by atoms with Gasteiger partial charge in [0.05, 0.1) is 23.6 Å². The van der Waals surface area contributed by atoms with Gasteiger partial charge in [-0.3, -0.25) is 4.40 Å². The summed E-state index contributed by atoms with van der Waals surface area (Å²) < 4.78 is 3.87. The Morgan fingerprint density at radius 1 is 0.917 bits per heavy atom. The van der Waals surface area contributed by atoms with Crippen molar-refractivity contribution in [3.05, 3.63) is 91.0 Å². The quantitative estimate of drug-likeness (QED) is 0.379. The zero-order valence-electron chi connectivity index (χ0n) is 19.8. The molecule has 1 N–H and O–H groups in total. The summed E-state index contributed by atoms with van der Waals surface area (Å²) in [5.74, 6) is 1.15. The lowest BCUT2D eigenvalue weighted by Gasteiger charge is -2.31. The molecule has 4 aromatic heterocycles. The Balaban J connectivity index is 1.40. The zero-order valence-corrected chi connectivity index (χ0v) is 19.8. The molecule has 7 nitrogen and oxygen atoms in total. The Morgan fingerprint density at radius 2 is 1.72 bits per heavy atom. The maximum absolute atomic E-state index is 9.69. The molecule has 7 heteroatoms. The summed E-state index contributed by atoms with van der Waals surface area (Å²) in [6, 6.07) is 23.2. The zero-order chi connectivity index (χ0) is 24.2. The van der Waals surface area contributed by atoms with Gasteiger partial charge < -0.3 is 9.67 Å². The predicted molar refractivity (Wildman–Crippen MR) is 139 cm³/mol. The number of aromatic nitrogens is 6. The Labute approximate surface area is 207 Å². The molecule has 1 aliphatic carbocycles. The lowest BCUT2D eigenvalue weighted by atomic mass is 9.77. The number of aryl methyl sites for hydroxylation is 1. The number of pyridine rings is 2. The van der Waals surface area contributed by atoms with Gasteiger partial charge >= 0.3 is 0 Å². The van der Waals surface area contributed by atoms with Gasteiger partial charge in [0.2, 0.25) is 0 Å². The van der Waals surface area contributed by atoms with Crippen molar-refractivity contribution in [1.29, 1.82) is 0 Å². The Bertz CT molecular complexity index is 1710. The standard InChI is InChI=1S/C29H24N6O/c1-34-16-26(30-17-34)29-33-32-28-24-15-23(19-5-3-2-4-6-19)27(31-25(24)11-12-35(28)29)20-9-7-18(8-10-20)21-13-22(36)14-21/h2-12,15-17,21-22,36H,13-14H2,1H3. The number of imidazole rings is 1. The summed E-state index contributed by atoms with van der Waals surface area (Å²) in [5, 5.41) is 19.6. The van der Waals surface area contributed by atoms with Crippen molar-refractivity contribution < 1.29 is 5.11 Å². The minimum atomic E-state index is -0.159. The first kappa shape index (κ1) is 21.0. The third-order valence-corrected chi connectivity index (χ3v) is 7.16. The van der Waals surface area contributed by atoms with E-state index in [1.54, 1.807) is 6.33 Å². The fraction of sp³-hybridized carbons (Fsp3) is 0.172. The van der Waals surface area contributed by atoms with Gasteiger partial charge in [-0.25, -0.2) is 9.97 Å². The molecular formula is C29H24N6O. The van der Waals surface area contributed by atoms with E-state index < -0.39 is 0 Å². The van der Waals surface area contributed by atoms with Crippen LogP contribution in [0.25, 0.3) is 50.5 Å². The SMILES string of the molecule is Cn1cnc(-c2nnc3c4cc(-c5ccccc5)c(-c5ccc(C6CC(O)C6)cc5)nc4ccn23)c1. The molecule has 0 saturated heterocycles. The number of rotatable bonds is 4. The van der Waals surface area contributed by atoms with Crippen LogP contribution in [0.15, 0.2) is 85.5 Å². The highest BCUT2D eigenvalue weighted by molar-refractivity contribution is 5.98. The lowest BCUT2D eigenvalue weighted by Crippen LogP contribution is -2.26. The summed E-state index contributed by atoms with van der Waals surface area (Å²) in [4.78, 5) is 9.59. The van der Waals surface area contributed by atoms with E-state index in [-0.39, 0.29) is 6.10 Å². The number of aliphatic hydroxyl groups is 1. The molecule has 2 aromatic carbocycles. The molecule has 0 atom stereocenters. The number of aliphatic hydroxyl groups excluding tert-OH is 1. The van der Waals surface area contributed by atoms with Crippen molar-refractivity contribution in [2.24, 2.45) is 7.05 Å². The number of hydrogen-bond acceptors (Lipinski definition) is 5. The molecule has 0 radical (unpaired) electrons. The molecule has 1 aliphatic rings. The van der Waals surface area contributed by atoms with E-state index in [9.17, 15) is 5.11 Å². The summed E-state index contributed by atoms with van der Waals surface area (Å²) in [5.41, 5.74) is 7.81. The smallest absolute Gasteiger partial charge is 0.188 e. The maximum atomic E-state index is 9.69. The summed E-state index contributed by atoms with van der Waals surface area (Å²) in [6.45, 7) is 0. The monoisotopic (exact) mass is 472 g/mol. The van der Waals surface area contributed by atoms with Crippen molar-refractivity contribution >= 4 is 16.6 Å². The van der Waals surface area contributed by atoms with Crippen LogP contribution in [0.3, 0.4) is 0 Å². The van der Waals surface area contributed by atoms with Crippen LogP contribution in [-0.4, -0.2) is 40.3 Å². The maximum Gasteiger partial charge on any atom is 0.188 e. The lowest BCUT2D eigenvalue weighted by molar-refractivity contribution is 0.0746. The van der Waals surface area contributed by atoms with E-state index in [1.165, 1.54) is 5.56 Å². The second-order valence-corrected chi connectivity index (χ2v) is 9.58. The molecule has 176 valence electrons. The molecule has 0 aliphatic heterocycles. The highest BCUT2D eigenvalue weighted by atomic mass is 16.3. The van der Waals surface area contributed by atoms with Gasteiger partial charge in [0.1, 0.15) is 5.69 Å². The molecule has 6 aromatic rings. The van der Waals surface area contributed by atoms with E-state index in [4.69, 9.17) is 4.98 Å². The van der Waals surface area contributed by atoms with Crippen LogP contribution in [0.4, 0.5) is 0 Å². The van der Waals surface area contributed by atoms with Crippen molar-refractivity contribution in [2.75, 3.05) is 0 Å². The van der Waals surface area contributed by atoms with Gasteiger partial charge in [0.25, 0.3) is 0 Å². The first-order chi connectivity index (χ1) is 17.6. The van der Waals surface area contributed by atoms with E-state index in [1.807, 2.05) is 52.7 Å². The van der Waals surface area contributed by atoms with E-state index in [2.05, 4.69) is 57.6 Å². The summed E-state index contributed by atoms with van der Waals surface area (Å²) in [6.07, 6.45) is 7.19. The van der Waals surface area contributed by atoms with Gasteiger partial charge in [0, 0.05) is 36.0 Å². The van der Waals surface area contributed by atoms with Gasteiger partial charge in [-0.2, -0.15) is 0 Å². The van der Waals surface area contributed by atoms with Crippen molar-refractivity contribution in [3.63, 3.8) is 0 Å². The Kier molecular flexibility index (Phi) is 4.72. The van der Waals surface area contributed by atoms with Gasteiger partial charge in [-0.15, -0.1) is 10.2 Å². The van der Waals surface area contributed by atoms with E-state index in [0.717, 1.165) is 57.5 Å². The fourth-order valence-corrected chi connectivity index (χ4v) is 5.13. The summed E-state index contributed by atoms with van der Waals surface area (Å²) in [7, 11) is 1.94. The summed E-state index contributed by atoms with van der Waals surface area (Å²) >= 11 is 0. The first-order valence-corrected chi connectivity index (χ1v) is 12.1. The molecule has 7 rings (SSSR count). The second kappa shape index (κ2) is 8.10. The highest BCUT2D eigenvalue weighted by Crippen LogP contribution is 2.39. The molecule has 0 spiro atoms. The highest BCUT2D eigenvalue weighted by Gasteiger charge is 2.28. The van der Waals surface area contributed by atoms with Crippen LogP contribution in [0, 0.1) is 0 Å². The van der Waals surface area contributed by atoms with Crippen LogP contribution >= 0.6 is 0 Å². The first-order valence-electron chi connectivity index (χ1n) is 12.1. The average molecular weight is 473 g/mol. The van der Waals surface area contributed by atoms with Crippen molar-refractivity contribution in [2.45, 2.75) is 24.9 Å². The third-order valence-electron chi connectivity index (χ3n) is 7.16. The molecule has 1 saturated carbocycles. The van der Waals surface area contributed by atoms with Gasteiger partial charge in [-0.1, -0.05) is 54.6 Å². The third kappa shape index (κ3) is 3.39. The molecule has 36 heavy (non-hydrogen) atoms. The van der Waals surface area contributed by atoms with Crippen molar-refractivity contribution in [1.82, 2.24) is 29.1 Å². The van der Waals surface area contributed by atoms with E-state index in [0.29, 0.717) is 11.7 Å². The van der Waals surface area contributed by atoms with E-state index >= 15 is 0 Å². The van der Waals surface area contributed by atoms with Crippen LogP contribution in [0.1, 0.15) is 24.3 Å². The minimum absolute atomic E-state index is 0.159. The normalized spacial score (nSPS) is 17.5. The van der Waals surface area contributed by atoms with Crippen LogP contribution in [0.5, 0.6) is 0 Å². The molecule has 4 heterocycles. The van der Waals surface area contributed by atoms with Crippen LogP contribution in [-0.2, 0) is 7.05 Å². The number of fused-ring (bicyclic) bond motifs is 3. The predicted octanol–water partition coefficient (Wildman–Crippen LogP) is 5.25. The second-order valence-electron chi connectivity index (χ2n) is 9.58. The van der Waals surface area contributed by atoms with Crippen molar-refractivity contribution in [3.8, 4) is 33.9 Å². The molecule has 0 bridgehead atoms. The number of nitrogens with zero attached hydrogens (tertiary/aromatic N) is 6. The number of hydrogen-bond donors (Lipinski definition) is 1. The minimum Gasteiger partial charge on any atom is -0.393 e. The average Bonchev–Trinajstić information content (AvgIpc) is 3.53. The van der Waals surface area contributed by atoms with Gasteiger partial charge in [-0.05, 0) is 42.0 Å². The van der Waals surface area contributed by atoms with Crippen LogP contribution < -0.4 is 0 Å². The molecule has 0 unspecified atom stereocenters. The molecular weight excluding hydrogens is 448 g/mol. The van der Waals surface area contributed by atoms with Crippen LogP contribution in [0.2, 0.25) is 0 Å². The van der Waals surface area contributed by atoms with Gasteiger partial charge in [0.15, 0.2) is 11.5 Å². The number of benzene rings is 2. The fourth-order valence-electron chi connectivity index (χ4n) is 5.13. The largest absolute Gasteiger partial charge is 0.393 e.